The highest BCUT2D eigenvalue weighted by Gasteiger charge is 2.29. The van der Waals surface area contributed by atoms with Gasteiger partial charge in [0.15, 0.2) is 0 Å². The molecule has 1 atom stereocenters. The molecule has 0 aliphatic rings. The fraction of sp³-hybridized carbons (Fsp3) is 0.467. The Morgan fingerprint density at radius 1 is 1.28 bits per heavy atom. The normalized spacial score (nSPS) is 12.8. The van der Waals surface area contributed by atoms with Gasteiger partial charge in [0.25, 0.3) is 0 Å². The van der Waals surface area contributed by atoms with Crippen molar-refractivity contribution < 1.29 is 32.2 Å². The minimum atomic E-state index is -4.22. The molecule has 25 heavy (non-hydrogen) atoms. The number of carbonyl (C=O) groups is 2. The maximum absolute atomic E-state index is 13.7. The first kappa shape index (κ1) is 21.0. The van der Waals surface area contributed by atoms with Crippen LogP contribution in [-0.2, 0) is 24.3 Å². The largest absolute Gasteiger partial charge is 0.480 e. The molecule has 0 heterocycles. The molecule has 1 amide bonds. The smallest absolute Gasteiger partial charge is 0.329 e. The molecule has 1 unspecified atom stereocenters. The van der Waals surface area contributed by atoms with E-state index in [1.54, 1.807) is 13.8 Å². The standard InChI is InChI=1S/C15H21FN2O6S/c1-10(2)14(15(21)17-7-8-24-9-13(19)20)18-25(22,23)12-6-4-3-5-11(12)16/h3-6,10,14,18H,7-9H2,1-2H3,(H,17,21)(H,19,20). The Hall–Kier alpha value is -2.04. The molecule has 0 fully saturated rings. The van der Waals surface area contributed by atoms with Crippen molar-refractivity contribution in [2.24, 2.45) is 5.92 Å². The molecule has 0 aliphatic heterocycles. The van der Waals surface area contributed by atoms with Crippen molar-refractivity contribution in [3.63, 3.8) is 0 Å². The number of carboxylic acid groups (broad SMARTS) is 1. The number of amides is 1. The first-order valence-corrected chi connectivity index (χ1v) is 8.97. The summed E-state index contributed by atoms with van der Waals surface area (Å²) in [6, 6.07) is 3.73. The van der Waals surface area contributed by atoms with Crippen LogP contribution in [0.15, 0.2) is 29.2 Å². The molecule has 8 nitrogen and oxygen atoms in total. The van der Waals surface area contributed by atoms with E-state index in [1.165, 1.54) is 12.1 Å². The topological polar surface area (TPSA) is 122 Å². The minimum Gasteiger partial charge on any atom is -0.480 e. The summed E-state index contributed by atoms with van der Waals surface area (Å²) in [5.74, 6) is -3.07. The second-order valence-corrected chi connectivity index (χ2v) is 7.19. The molecule has 0 saturated carbocycles. The lowest BCUT2D eigenvalue weighted by Crippen LogP contribution is -2.50. The van der Waals surface area contributed by atoms with Crippen molar-refractivity contribution in [3.8, 4) is 0 Å². The number of sulfonamides is 1. The van der Waals surface area contributed by atoms with Crippen LogP contribution in [0.5, 0.6) is 0 Å². The number of carbonyl (C=O) groups excluding carboxylic acids is 1. The summed E-state index contributed by atoms with van der Waals surface area (Å²) >= 11 is 0. The van der Waals surface area contributed by atoms with Crippen molar-refractivity contribution in [2.75, 3.05) is 19.8 Å². The van der Waals surface area contributed by atoms with E-state index in [0.717, 1.165) is 12.1 Å². The van der Waals surface area contributed by atoms with Gasteiger partial charge in [0.05, 0.1) is 6.61 Å². The fourth-order valence-electron chi connectivity index (χ4n) is 1.90. The highest BCUT2D eigenvalue weighted by molar-refractivity contribution is 7.89. The van der Waals surface area contributed by atoms with Crippen molar-refractivity contribution in [2.45, 2.75) is 24.8 Å². The predicted molar refractivity (Wildman–Crippen MR) is 86.8 cm³/mol. The second-order valence-electron chi connectivity index (χ2n) is 5.51. The molecule has 0 spiro atoms. The number of benzene rings is 1. The third-order valence-corrected chi connectivity index (χ3v) is 4.60. The van der Waals surface area contributed by atoms with Crippen LogP contribution in [0, 0.1) is 11.7 Å². The van der Waals surface area contributed by atoms with E-state index in [0.29, 0.717) is 0 Å². The Kier molecular flexibility index (Phi) is 7.94. The second kappa shape index (κ2) is 9.44. The number of ether oxygens (including phenoxy) is 1. The van der Waals surface area contributed by atoms with Gasteiger partial charge in [-0.15, -0.1) is 0 Å². The van der Waals surface area contributed by atoms with Gasteiger partial charge in [0, 0.05) is 6.54 Å². The number of carboxylic acids is 1. The van der Waals surface area contributed by atoms with Gasteiger partial charge in [-0.05, 0) is 18.1 Å². The molecule has 140 valence electrons. The van der Waals surface area contributed by atoms with Gasteiger partial charge in [-0.2, -0.15) is 4.72 Å². The quantitative estimate of drug-likeness (QED) is 0.507. The molecule has 3 N–H and O–H groups in total. The van der Waals surface area contributed by atoms with Crippen LogP contribution < -0.4 is 10.0 Å². The van der Waals surface area contributed by atoms with Crippen LogP contribution in [0.2, 0.25) is 0 Å². The Morgan fingerprint density at radius 2 is 1.92 bits per heavy atom. The maximum Gasteiger partial charge on any atom is 0.329 e. The third kappa shape index (κ3) is 6.77. The Morgan fingerprint density at radius 3 is 2.48 bits per heavy atom. The number of halogens is 1. The summed E-state index contributed by atoms with van der Waals surface area (Å²) < 4.78 is 45.3. The number of rotatable bonds is 10. The monoisotopic (exact) mass is 376 g/mol. The van der Waals surface area contributed by atoms with Gasteiger partial charge < -0.3 is 15.2 Å². The maximum atomic E-state index is 13.7. The van der Waals surface area contributed by atoms with Crippen LogP contribution in [0.3, 0.4) is 0 Å². The van der Waals surface area contributed by atoms with Gasteiger partial charge in [0.2, 0.25) is 15.9 Å². The van der Waals surface area contributed by atoms with Crippen molar-refractivity contribution >= 4 is 21.9 Å². The zero-order chi connectivity index (χ0) is 19.0. The summed E-state index contributed by atoms with van der Waals surface area (Å²) in [7, 11) is -4.22. The van der Waals surface area contributed by atoms with E-state index in [4.69, 9.17) is 9.84 Å². The van der Waals surface area contributed by atoms with Crippen LogP contribution in [0.1, 0.15) is 13.8 Å². The van der Waals surface area contributed by atoms with Gasteiger partial charge in [-0.1, -0.05) is 26.0 Å². The lowest BCUT2D eigenvalue weighted by molar-refractivity contribution is -0.142. The van der Waals surface area contributed by atoms with Crippen molar-refractivity contribution in [3.05, 3.63) is 30.1 Å². The number of hydrogen-bond acceptors (Lipinski definition) is 5. The zero-order valence-corrected chi connectivity index (χ0v) is 14.7. The van der Waals surface area contributed by atoms with Crippen LogP contribution >= 0.6 is 0 Å². The highest BCUT2D eigenvalue weighted by Crippen LogP contribution is 2.15. The molecular weight excluding hydrogens is 355 g/mol. The van der Waals surface area contributed by atoms with Crippen molar-refractivity contribution in [1.82, 2.24) is 10.0 Å². The Bertz CT molecular complexity index is 708. The van der Waals surface area contributed by atoms with Gasteiger partial charge >= 0.3 is 5.97 Å². The molecular formula is C15H21FN2O6S. The molecule has 0 radical (unpaired) electrons. The van der Waals surface area contributed by atoms with E-state index in [-0.39, 0.29) is 13.2 Å². The Balaban J connectivity index is 2.72. The predicted octanol–water partition coefficient (Wildman–Crippen LogP) is 0.346. The van der Waals surface area contributed by atoms with E-state index >= 15 is 0 Å². The summed E-state index contributed by atoms with van der Waals surface area (Å²) in [5.41, 5.74) is 0. The van der Waals surface area contributed by atoms with E-state index in [9.17, 15) is 22.4 Å². The van der Waals surface area contributed by atoms with Gasteiger partial charge in [-0.3, -0.25) is 4.79 Å². The van der Waals surface area contributed by atoms with Crippen LogP contribution in [0.25, 0.3) is 0 Å². The number of aliphatic carboxylic acids is 1. The molecule has 1 rings (SSSR count). The van der Waals surface area contributed by atoms with Crippen molar-refractivity contribution in [1.29, 1.82) is 0 Å². The molecule has 0 bridgehead atoms. The van der Waals surface area contributed by atoms with E-state index in [1.807, 2.05) is 0 Å². The number of nitrogens with one attached hydrogen (secondary N) is 2. The summed E-state index contributed by atoms with van der Waals surface area (Å²) in [5, 5.41) is 10.9. The zero-order valence-electron chi connectivity index (χ0n) is 13.9. The molecule has 1 aromatic rings. The summed E-state index contributed by atoms with van der Waals surface area (Å²) in [4.78, 5) is 21.9. The first-order valence-electron chi connectivity index (χ1n) is 7.49. The molecule has 10 heteroatoms. The fourth-order valence-corrected chi connectivity index (χ4v) is 3.32. The molecule has 0 aromatic heterocycles. The van der Waals surface area contributed by atoms with Crippen LogP contribution in [0.4, 0.5) is 4.39 Å². The SMILES string of the molecule is CC(C)C(NS(=O)(=O)c1ccccc1F)C(=O)NCCOCC(=O)O. The lowest BCUT2D eigenvalue weighted by Gasteiger charge is -2.21. The minimum absolute atomic E-state index is 0.0107. The summed E-state index contributed by atoms with van der Waals surface area (Å²) in [6.45, 7) is 2.74. The average molecular weight is 376 g/mol. The third-order valence-electron chi connectivity index (χ3n) is 3.13. The molecule has 0 aliphatic carbocycles. The lowest BCUT2D eigenvalue weighted by atomic mass is 10.1. The van der Waals surface area contributed by atoms with E-state index < -0.39 is 51.2 Å². The van der Waals surface area contributed by atoms with E-state index in [2.05, 4.69) is 10.0 Å². The average Bonchev–Trinajstić information content (AvgIpc) is 2.51. The Labute approximate surface area is 145 Å². The van der Waals surface area contributed by atoms with Gasteiger partial charge in [-0.25, -0.2) is 17.6 Å². The number of hydrogen-bond donors (Lipinski definition) is 3. The molecule has 0 saturated heterocycles. The molecule has 1 aromatic carbocycles. The summed E-state index contributed by atoms with van der Waals surface area (Å²) in [6.07, 6.45) is 0. The van der Waals surface area contributed by atoms with Gasteiger partial charge in [0.1, 0.15) is 23.4 Å². The highest BCUT2D eigenvalue weighted by atomic mass is 32.2. The first-order chi connectivity index (χ1) is 11.6. The van der Waals surface area contributed by atoms with Crippen LogP contribution in [-0.4, -0.2) is 51.2 Å².